The van der Waals surface area contributed by atoms with Crippen LogP contribution < -0.4 is 20.3 Å². The molecule has 31 heavy (non-hydrogen) atoms. The van der Waals surface area contributed by atoms with E-state index in [1.807, 2.05) is 37.3 Å². The first-order valence-electron chi connectivity index (χ1n) is 9.76. The van der Waals surface area contributed by atoms with Crippen LogP contribution in [0.1, 0.15) is 11.3 Å². The Morgan fingerprint density at radius 2 is 1.81 bits per heavy atom. The van der Waals surface area contributed by atoms with E-state index in [9.17, 15) is 9.59 Å². The molecule has 7 nitrogen and oxygen atoms in total. The highest BCUT2D eigenvalue weighted by atomic mass is 16.5. The number of nitrogens with one attached hydrogen (secondary N) is 1. The fourth-order valence-electron chi connectivity index (χ4n) is 3.02. The molecule has 1 N–H and O–H groups in total. The smallest absolute Gasteiger partial charge is 0.262 e. The maximum Gasteiger partial charge on any atom is 0.262 e. The highest BCUT2D eigenvalue weighted by molar-refractivity contribution is 5.91. The first-order chi connectivity index (χ1) is 15.1. The Morgan fingerprint density at radius 1 is 0.968 bits per heavy atom. The van der Waals surface area contributed by atoms with Crippen molar-refractivity contribution in [2.24, 2.45) is 0 Å². The molecule has 0 aliphatic carbocycles. The van der Waals surface area contributed by atoms with Crippen molar-refractivity contribution in [3.8, 4) is 11.5 Å². The highest BCUT2D eigenvalue weighted by Gasteiger charge is 2.06. The number of hydrogen-bond donors (Lipinski definition) is 1. The van der Waals surface area contributed by atoms with Crippen molar-refractivity contribution in [3.05, 3.63) is 101 Å². The lowest BCUT2D eigenvalue weighted by Crippen LogP contribution is -2.20. The van der Waals surface area contributed by atoms with Crippen LogP contribution in [0.25, 0.3) is 5.65 Å². The number of rotatable bonds is 7. The van der Waals surface area contributed by atoms with Crippen molar-refractivity contribution < 1.29 is 14.3 Å². The van der Waals surface area contributed by atoms with Gasteiger partial charge in [0.05, 0.1) is 5.69 Å². The Kier molecular flexibility index (Phi) is 5.93. The highest BCUT2D eigenvalue weighted by Crippen LogP contribution is 2.17. The van der Waals surface area contributed by atoms with Crippen molar-refractivity contribution in [2.45, 2.75) is 13.5 Å². The maximum absolute atomic E-state index is 12.1. The van der Waals surface area contributed by atoms with E-state index in [2.05, 4.69) is 10.3 Å². The maximum atomic E-state index is 12.1. The molecule has 0 aliphatic heterocycles. The fourth-order valence-corrected chi connectivity index (χ4v) is 3.02. The number of amides is 1. The Bertz CT molecular complexity index is 1270. The molecule has 0 fully saturated rings. The zero-order chi connectivity index (χ0) is 21.6. The molecule has 0 unspecified atom stereocenters. The van der Waals surface area contributed by atoms with Gasteiger partial charge in [0, 0.05) is 18.0 Å². The van der Waals surface area contributed by atoms with E-state index in [0.29, 0.717) is 28.5 Å². The molecule has 0 spiro atoms. The van der Waals surface area contributed by atoms with Crippen LogP contribution in [0.3, 0.4) is 0 Å². The Labute approximate surface area is 178 Å². The number of hydrogen-bond acceptors (Lipinski definition) is 5. The number of anilines is 1. The van der Waals surface area contributed by atoms with Gasteiger partial charge in [-0.2, -0.15) is 0 Å². The molecular formula is C24H21N3O4. The normalized spacial score (nSPS) is 10.6. The summed E-state index contributed by atoms with van der Waals surface area (Å²) in [4.78, 5) is 28.7. The van der Waals surface area contributed by atoms with E-state index in [0.717, 1.165) is 5.56 Å². The number of fused-ring (bicyclic) bond motifs is 1. The van der Waals surface area contributed by atoms with Gasteiger partial charge >= 0.3 is 0 Å². The summed E-state index contributed by atoms with van der Waals surface area (Å²) in [6.45, 7) is 2.05. The number of aryl methyl sites for hydroxylation is 1. The summed E-state index contributed by atoms with van der Waals surface area (Å²) in [5.74, 6) is 1.00. The van der Waals surface area contributed by atoms with Crippen molar-refractivity contribution in [3.63, 3.8) is 0 Å². The molecule has 0 saturated heterocycles. The van der Waals surface area contributed by atoms with E-state index in [1.54, 1.807) is 42.6 Å². The van der Waals surface area contributed by atoms with Crippen LogP contribution in [0.2, 0.25) is 0 Å². The third kappa shape index (κ3) is 5.27. The Morgan fingerprint density at radius 3 is 2.61 bits per heavy atom. The predicted molar refractivity (Wildman–Crippen MR) is 118 cm³/mol. The van der Waals surface area contributed by atoms with Gasteiger partial charge in [0.1, 0.15) is 23.8 Å². The molecule has 0 bridgehead atoms. The lowest BCUT2D eigenvalue weighted by atomic mass is 10.2. The molecule has 0 aliphatic rings. The fraction of sp³-hybridized carbons (Fsp3) is 0.125. The van der Waals surface area contributed by atoms with Crippen molar-refractivity contribution in [1.29, 1.82) is 0 Å². The summed E-state index contributed by atoms with van der Waals surface area (Å²) in [5.41, 5.74) is 2.65. The summed E-state index contributed by atoms with van der Waals surface area (Å²) >= 11 is 0. The molecule has 0 saturated carbocycles. The molecule has 4 rings (SSSR count). The zero-order valence-corrected chi connectivity index (χ0v) is 16.9. The van der Waals surface area contributed by atoms with Gasteiger partial charge in [-0.1, -0.05) is 18.2 Å². The lowest BCUT2D eigenvalue weighted by Gasteiger charge is -2.10. The molecule has 156 valence electrons. The number of pyridine rings is 1. The Hall–Kier alpha value is -4.13. The molecule has 2 heterocycles. The molecule has 7 heteroatoms. The summed E-state index contributed by atoms with van der Waals surface area (Å²) < 4.78 is 12.7. The second-order valence-electron chi connectivity index (χ2n) is 6.98. The monoisotopic (exact) mass is 415 g/mol. The van der Waals surface area contributed by atoms with E-state index >= 15 is 0 Å². The van der Waals surface area contributed by atoms with Crippen LogP contribution in [0.4, 0.5) is 5.69 Å². The largest absolute Gasteiger partial charge is 0.487 e. The SMILES string of the molecule is Cc1cccc(OCC(=O)Nc2ccc(OCc3cc(=O)n4ccccc4n3)cc2)c1. The third-order valence-electron chi connectivity index (χ3n) is 4.51. The topological polar surface area (TPSA) is 81.9 Å². The number of aromatic nitrogens is 2. The number of carbonyl (C=O) groups is 1. The summed E-state index contributed by atoms with van der Waals surface area (Å²) in [5, 5.41) is 2.78. The lowest BCUT2D eigenvalue weighted by molar-refractivity contribution is -0.118. The van der Waals surface area contributed by atoms with Crippen LogP contribution in [0, 0.1) is 6.92 Å². The molecule has 2 aromatic carbocycles. The minimum absolute atomic E-state index is 0.0785. The first-order valence-corrected chi connectivity index (χ1v) is 9.76. The van der Waals surface area contributed by atoms with E-state index in [1.165, 1.54) is 10.5 Å². The van der Waals surface area contributed by atoms with Crippen molar-refractivity contribution in [1.82, 2.24) is 9.38 Å². The summed E-state index contributed by atoms with van der Waals surface area (Å²) in [6, 6.07) is 21.3. The third-order valence-corrected chi connectivity index (χ3v) is 4.51. The minimum Gasteiger partial charge on any atom is -0.487 e. The van der Waals surface area contributed by atoms with Crippen molar-refractivity contribution in [2.75, 3.05) is 11.9 Å². The molecule has 0 radical (unpaired) electrons. The molecular weight excluding hydrogens is 394 g/mol. The Balaban J connectivity index is 1.31. The van der Waals surface area contributed by atoms with Crippen LogP contribution in [0.15, 0.2) is 83.8 Å². The van der Waals surface area contributed by atoms with Crippen LogP contribution >= 0.6 is 0 Å². The molecule has 1 amide bonds. The second-order valence-corrected chi connectivity index (χ2v) is 6.98. The number of ether oxygens (including phenoxy) is 2. The van der Waals surface area contributed by atoms with E-state index in [4.69, 9.17) is 9.47 Å². The van der Waals surface area contributed by atoms with Crippen molar-refractivity contribution >= 4 is 17.2 Å². The zero-order valence-electron chi connectivity index (χ0n) is 16.9. The summed E-state index contributed by atoms with van der Waals surface area (Å²) in [7, 11) is 0. The number of benzene rings is 2. The second kappa shape index (κ2) is 9.13. The van der Waals surface area contributed by atoms with Crippen LogP contribution in [-0.4, -0.2) is 21.9 Å². The van der Waals surface area contributed by atoms with E-state index < -0.39 is 0 Å². The van der Waals surface area contributed by atoms with Gasteiger partial charge in [0.25, 0.3) is 11.5 Å². The number of nitrogens with zero attached hydrogens (tertiary/aromatic N) is 2. The van der Waals surface area contributed by atoms with Gasteiger partial charge in [0.2, 0.25) is 0 Å². The van der Waals surface area contributed by atoms with Gasteiger partial charge in [0.15, 0.2) is 6.61 Å². The van der Waals surface area contributed by atoms with E-state index in [-0.39, 0.29) is 24.7 Å². The molecule has 2 aromatic heterocycles. The minimum atomic E-state index is -0.254. The van der Waals surface area contributed by atoms with Gasteiger partial charge in [-0.25, -0.2) is 4.98 Å². The standard InChI is InChI=1S/C24H21N3O4/c1-17-5-4-6-21(13-17)31-16-23(28)26-18-8-10-20(11-9-18)30-15-19-14-24(29)27-12-3-2-7-22(27)25-19/h2-14H,15-16H2,1H3,(H,26,28). The van der Waals surface area contributed by atoms with Gasteiger partial charge < -0.3 is 14.8 Å². The van der Waals surface area contributed by atoms with Crippen LogP contribution in [-0.2, 0) is 11.4 Å². The summed E-state index contributed by atoms with van der Waals surface area (Å²) in [6.07, 6.45) is 1.67. The molecule has 4 aromatic rings. The van der Waals surface area contributed by atoms with Gasteiger partial charge in [-0.3, -0.25) is 14.0 Å². The van der Waals surface area contributed by atoms with Gasteiger partial charge in [-0.15, -0.1) is 0 Å². The average Bonchev–Trinajstić information content (AvgIpc) is 2.77. The number of carbonyl (C=O) groups excluding carboxylic acids is 1. The van der Waals surface area contributed by atoms with Gasteiger partial charge in [-0.05, 0) is 61.0 Å². The first kappa shape index (κ1) is 20.2. The molecule has 0 atom stereocenters. The van der Waals surface area contributed by atoms with Crippen LogP contribution in [0.5, 0.6) is 11.5 Å². The predicted octanol–water partition coefficient (Wildman–Crippen LogP) is 3.60. The average molecular weight is 415 g/mol. The quantitative estimate of drug-likeness (QED) is 0.499.